The van der Waals surface area contributed by atoms with Crippen molar-refractivity contribution in [2.45, 2.75) is 62.9 Å². The van der Waals surface area contributed by atoms with Gasteiger partial charge in [0.15, 0.2) is 5.82 Å². The zero-order chi connectivity index (χ0) is 27.9. The average molecular weight is 582 g/mol. The molecule has 4 aliphatic heterocycles. The lowest BCUT2D eigenvalue weighted by Gasteiger charge is -2.34. The number of pyridine rings is 1. The van der Waals surface area contributed by atoms with Gasteiger partial charge >= 0.3 is 6.01 Å². The molecule has 0 saturated carbocycles. The number of aromatic amines is 1. The topological polar surface area (TPSA) is 92.3 Å². The van der Waals surface area contributed by atoms with Crippen molar-refractivity contribution in [1.82, 2.24) is 30.0 Å². The number of ether oxygens (including phenoxy) is 2. The first-order chi connectivity index (χ1) is 19.9. The predicted octanol–water partition coefficient (Wildman–Crippen LogP) is 4.99. The van der Waals surface area contributed by atoms with Crippen LogP contribution < -0.4 is 9.64 Å². The number of H-pyrrole nitrogens is 1. The Hall–Kier alpha value is -3.15. The molecule has 4 aliphatic rings. The Morgan fingerprint density at radius 2 is 2.02 bits per heavy atom. The molecule has 1 N–H and O–H groups in total. The Balaban J connectivity index is 1.25. The van der Waals surface area contributed by atoms with Gasteiger partial charge in [0, 0.05) is 43.2 Å². The van der Waals surface area contributed by atoms with Crippen molar-refractivity contribution in [2.24, 2.45) is 0 Å². The Kier molecular flexibility index (Phi) is 5.88. The number of alkyl halides is 1. The number of rotatable bonds is 5. The van der Waals surface area contributed by atoms with Crippen molar-refractivity contribution in [3.63, 3.8) is 0 Å². The first-order valence-electron chi connectivity index (χ1n) is 14.3. The van der Waals surface area contributed by atoms with Crippen molar-refractivity contribution in [1.29, 1.82) is 0 Å². The second-order valence-corrected chi connectivity index (χ2v) is 12.3. The van der Waals surface area contributed by atoms with Crippen LogP contribution in [0.3, 0.4) is 0 Å². The van der Waals surface area contributed by atoms with Crippen molar-refractivity contribution >= 4 is 39.2 Å². The Bertz CT molecular complexity index is 1670. The third-order valence-electron chi connectivity index (χ3n) is 9.31. The van der Waals surface area contributed by atoms with E-state index in [4.69, 9.17) is 26.1 Å². The minimum absolute atomic E-state index is 0.0784. The predicted molar refractivity (Wildman–Crippen MR) is 151 cm³/mol. The number of halogens is 3. The maximum absolute atomic E-state index is 16.6. The van der Waals surface area contributed by atoms with Crippen molar-refractivity contribution in [3.8, 4) is 17.3 Å². The summed E-state index contributed by atoms with van der Waals surface area (Å²) in [7, 11) is 0. The molecule has 1 aromatic carbocycles. The van der Waals surface area contributed by atoms with Crippen LogP contribution in [-0.2, 0) is 4.74 Å². The van der Waals surface area contributed by atoms with Gasteiger partial charge in [-0.2, -0.15) is 15.1 Å². The summed E-state index contributed by atoms with van der Waals surface area (Å²) in [6.45, 7) is 4.66. The van der Waals surface area contributed by atoms with Crippen LogP contribution in [0.2, 0.25) is 5.02 Å². The molecule has 7 heterocycles. The molecule has 41 heavy (non-hydrogen) atoms. The van der Waals surface area contributed by atoms with Gasteiger partial charge in [-0.25, -0.2) is 8.78 Å². The Labute approximate surface area is 240 Å². The van der Waals surface area contributed by atoms with E-state index in [0.29, 0.717) is 58.9 Å². The molecular weight excluding hydrogens is 552 g/mol. The first-order valence-corrected chi connectivity index (χ1v) is 14.7. The van der Waals surface area contributed by atoms with Crippen LogP contribution in [0.4, 0.5) is 14.6 Å². The van der Waals surface area contributed by atoms with Crippen molar-refractivity contribution < 1.29 is 18.3 Å². The molecule has 3 aromatic heterocycles. The minimum atomic E-state index is -0.874. The zero-order valence-electron chi connectivity index (χ0n) is 22.7. The molecule has 8 rings (SSSR count). The van der Waals surface area contributed by atoms with Gasteiger partial charge in [-0.05, 0) is 51.3 Å². The molecule has 4 saturated heterocycles. The molecule has 2 unspecified atom stereocenters. The Morgan fingerprint density at radius 1 is 1.20 bits per heavy atom. The Morgan fingerprint density at radius 3 is 2.85 bits per heavy atom. The van der Waals surface area contributed by atoms with Gasteiger partial charge in [-0.3, -0.25) is 15.0 Å². The maximum Gasteiger partial charge on any atom is 0.319 e. The monoisotopic (exact) mass is 581 g/mol. The van der Waals surface area contributed by atoms with Crippen molar-refractivity contribution in [3.05, 3.63) is 34.9 Å². The second-order valence-electron chi connectivity index (χ2n) is 11.9. The van der Waals surface area contributed by atoms with E-state index in [1.54, 1.807) is 12.3 Å². The number of hydrogen-bond donors (Lipinski definition) is 1. The van der Waals surface area contributed by atoms with E-state index in [2.05, 4.69) is 30.0 Å². The molecule has 4 atom stereocenters. The average Bonchev–Trinajstić information content (AvgIpc) is 3.70. The van der Waals surface area contributed by atoms with Crippen LogP contribution in [0.1, 0.15) is 37.8 Å². The molecule has 0 spiro atoms. The van der Waals surface area contributed by atoms with Crippen molar-refractivity contribution in [2.75, 3.05) is 37.7 Å². The first kappa shape index (κ1) is 25.6. The van der Waals surface area contributed by atoms with Crippen LogP contribution in [0.15, 0.2) is 18.3 Å². The standard InChI is InChI=1S/C29H30ClF2N7O2/c1-15-22-21(37-36-15)6-5-20(30)23(22)26-24(32)25-19(10-33-26)27(38-12-17-3-4-18(13-38)41-17)35-28(34-25)40-14-29-7-2-8-39(29)11-16(31)9-29/h5-6,10,16-18H,2-4,7-9,11-14H2,1H3,(H,36,37)/t16-,17?,18?,29+/m1/s1. The summed E-state index contributed by atoms with van der Waals surface area (Å²) >= 11 is 6.64. The number of hydrogen-bond acceptors (Lipinski definition) is 8. The number of fused-ring (bicyclic) bond motifs is 5. The summed E-state index contributed by atoms with van der Waals surface area (Å²) < 4.78 is 43.3. The van der Waals surface area contributed by atoms with Gasteiger partial charge in [0.25, 0.3) is 0 Å². The quantitative estimate of drug-likeness (QED) is 0.352. The summed E-state index contributed by atoms with van der Waals surface area (Å²) in [6, 6.07) is 3.60. The van der Waals surface area contributed by atoms with E-state index in [-0.39, 0.29) is 41.6 Å². The summed E-state index contributed by atoms with van der Waals surface area (Å²) in [5.74, 6) is -0.0323. The normalized spacial score (nSPS) is 27.8. The second kappa shape index (κ2) is 9.43. The van der Waals surface area contributed by atoms with Gasteiger partial charge in [0.1, 0.15) is 29.8 Å². The number of aryl methyl sites for hydroxylation is 1. The maximum atomic E-state index is 16.6. The number of morpholine rings is 1. The van der Waals surface area contributed by atoms with Crippen LogP contribution >= 0.6 is 11.6 Å². The highest BCUT2D eigenvalue weighted by Gasteiger charge is 2.49. The third kappa shape index (κ3) is 4.07. The smallest absolute Gasteiger partial charge is 0.319 e. The van der Waals surface area contributed by atoms with Gasteiger partial charge in [-0.15, -0.1) is 0 Å². The largest absolute Gasteiger partial charge is 0.461 e. The van der Waals surface area contributed by atoms with E-state index < -0.39 is 12.0 Å². The highest BCUT2D eigenvalue weighted by atomic mass is 35.5. The molecule has 4 aromatic rings. The highest BCUT2D eigenvalue weighted by Crippen LogP contribution is 2.42. The summed E-state index contributed by atoms with van der Waals surface area (Å²) in [6.07, 6.45) is 5.21. The molecular formula is C29H30ClF2N7O2. The molecule has 0 amide bonds. The zero-order valence-corrected chi connectivity index (χ0v) is 23.4. The molecule has 0 aliphatic carbocycles. The van der Waals surface area contributed by atoms with E-state index in [9.17, 15) is 4.39 Å². The highest BCUT2D eigenvalue weighted by molar-refractivity contribution is 6.35. The van der Waals surface area contributed by atoms with Gasteiger partial charge in [0.05, 0.1) is 39.4 Å². The molecule has 2 bridgehead atoms. The minimum Gasteiger partial charge on any atom is -0.461 e. The SMILES string of the molecule is Cc1n[nH]c2ccc(Cl)c(-c3ncc4c(N5CC6CCC(C5)O6)nc(OC[C@@]56CCCN5C[C@H](F)C6)nc4c3F)c12. The van der Waals surface area contributed by atoms with Crippen LogP contribution in [0.25, 0.3) is 33.1 Å². The van der Waals surface area contributed by atoms with E-state index in [1.165, 1.54) is 0 Å². The lowest BCUT2D eigenvalue weighted by molar-refractivity contribution is 0.0302. The van der Waals surface area contributed by atoms with E-state index in [0.717, 1.165) is 37.7 Å². The van der Waals surface area contributed by atoms with Gasteiger partial charge < -0.3 is 14.4 Å². The third-order valence-corrected chi connectivity index (χ3v) is 9.63. The molecule has 0 radical (unpaired) electrons. The molecule has 4 fully saturated rings. The van der Waals surface area contributed by atoms with Gasteiger partial charge in [0.2, 0.25) is 0 Å². The lowest BCUT2D eigenvalue weighted by atomic mass is 9.95. The summed E-state index contributed by atoms with van der Waals surface area (Å²) in [4.78, 5) is 18.3. The fourth-order valence-corrected chi connectivity index (χ4v) is 7.66. The number of benzene rings is 1. The van der Waals surface area contributed by atoms with Crippen LogP contribution in [-0.4, -0.2) is 86.8 Å². The molecule has 12 heteroatoms. The van der Waals surface area contributed by atoms with E-state index >= 15 is 4.39 Å². The lowest BCUT2D eigenvalue weighted by Crippen LogP contribution is -2.44. The van der Waals surface area contributed by atoms with Crippen LogP contribution in [0, 0.1) is 12.7 Å². The van der Waals surface area contributed by atoms with Gasteiger partial charge in [-0.1, -0.05) is 11.6 Å². The summed E-state index contributed by atoms with van der Waals surface area (Å²) in [5, 5.41) is 8.83. The fourth-order valence-electron chi connectivity index (χ4n) is 7.41. The molecule has 214 valence electrons. The summed E-state index contributed by atoms with van der Waals surface area (Å²) in [5.41, 5.74) is 1.72. The van der Waals surface area contributed by atoms with E-state index in [1.807, 2.05) is 13.0 Å². The number of nitrogens with zero attached hydrogens (tertiary/aromatic N) is 6. The molecule has 9 nitrogen and oxygen atoms in total. The number of nitrogens with one attached hydrogen (secondary N) is 1. The fraction of sp³-hybridized carbons (Fsp3) is 0.517. The number of anilines is 1. The van der Waals surface area contributed by atoms with Crippen LogP contribution in [0.5, 0.6) is 6.01 Å². The number of aromatic nitrogens is 5.